The van der Waals surface area contributed by atoms with Gasteiger partial charge >= 0.3 is 0 Å². The van der Waals surface area contributed by atoms with Gasteiger partial charge in [-0.05, 0) is 19.4 Å². The first-order valence-corrected chi connectivity index (χ1v) is 9.45. The Kier molecular flexibility index (Phi) is 3.68. The Morgan fingerprint density at radius 2 is 2.25 bits per heavy atom. The van der Waals surface area contributed by atoms with E-state index in [2.05, 4.69) is 25.9 Å². The van der Waals surface area contributed by atoms with Crippen LogP contribution >= 0.6 is 0 Å². The van der Waals surface area contributed by atoms with Crippen LogP contribution in [0.5, 0.6) is 0 Å². The largest absolute Gasteiger partial charge is 0.318 e. The van der Waals surface area contributed by atoms with E-state index in [1.807, 2.05) is 0 Å². The van der Waals surface area contributed by atoms with Gasteiger partial charge in [-0.2, -0.15) is 10.2 Å². The van der Waals surface area contributed by atoms with Crippen LogP contribution in [0.2, 0.25) is 0 Å². The summed E-state index contributed by atoms with van der Waals surface area (Å²) in [7, 11) is 0. The number of piperidine rings is 1. The number of carbonyl (C=O) groups is 1. The van der Waals surface area contributed by atoms with E-state index in [0.717, 1.165) is 0 Å². The van der Waals surface area contributed by atoms with Gasteiger partial charge < -0.3 is 10.6 Å². The lowest BCUT2D eigenvalue weighted by atomic mass is 9.87. The van der Waals surface area contributed by atoms with Crippen LogP contribution in [-0.2, 0) is 12.8 Å². The summed E-state index contributed by atoms with van der Waals surface area (Å²) in [6, 6.07) is -0.375. The van der Waals surface area contributed by atoms with E-state index in [0.29, 0.717) is 29.9 Å². The monoisotopic (exact) mass is 394 g/mol. The number of alkyl halides is 3. The number of aromatic amines is 1. The van der Waals surface area contributed by atoms with Crippen molar-refractivity contribution in [2.45, 2.75) is 44.3 Å². The van der Waals surface area contributed by atoms with Gasteiger partial charge in [-0.15, -0.1) is 0 Å². The molecule has 150 valence electrons. The summed E-state index contributed by atoms with van der Waals surface area (Å²) in [6.07, 6.45) is 2.92. The fraction of sp³-hybridized carbons (Fsp3) is 0.611. The normalized spacial score (nSPS) is 33.1. The summed E-state index contributed by atoms with van der Waals surface area (Å²) < 4.78 is 43.7. The second-order valence-electron chi connectivity index (χ2n) is 8.24. The molecule has 3 aliphatic rings. The Bertz CT molecular complexity index is 940. The number of carbonyl (C=O) groups excluding carboxylic acids is 1. The predicted molar refractivity (Wildman–Crippen MR) is 94.1 cm³/mol. The number of anilines is 1. The van der Waals surface area contributed by atoms with E-state index in [1.54, 1.807) is 13.1 Å². The lowest BCUT2D eigenvalue weighted by molar-refractivity contribution is 0.0631. The number of fused-ring (bicyclic) bond motifs is 2. The molecule has 1 saturated carbocycles. The summed E-state index contributed by atoms with van der Waals surface area (Å²) in [5.74, 6) is -3.94. The van der Waals surface area contributed by atoms with Crippen molar-refractivity contribution in [3.8, 4) is 0 Å². The molecule has 5 rings (SSSR count). The number of amides is 1. The molecule has 2 fully saturated rings. The van der Waals surface area contributed by atoms with Gasteiger partial charge in [0.15, 0.2) is 5.69 Å². The molecule has 0 aromatic carbocycles. The average Bonchev–Trinajstić information content (AvgIpc) is 3.08. The minimum Gasteiger partial charge on any atom is -0.318 e. The van der Waals surface area contributed by atoms with Crippen LogP contribution in [-0.4, -0.2) is 51.1 Å². The van der Waals surface area contributed by atoms with Crippen LogP contribution < -0.4 is 10.6 Å². The van der Waals surface area contributed by atoms with Crippen molar-refractivity contribution >= 4 is 11.6 Å². The second-order valence-corrected chi connectivity index (χ2v) is 8.24. The van der Waals surface area contributed by atoms with Gasteiger partial charge in [0.05, 0.1) is 17.9 Å². The molecule has 0 radical (unpaired) electrons. The maximum absolute atomic E-state index is 14.1. The molecule has 0 bridgehead atoms. The van der Waals surface area contributed by atoms with Crippen LogP contribution in [0, 0.1) is 11.3 Å². The van der Waals surface area contributed by atoms with Crippen molar-refractivity contribution in [1.82, 2.24) is 25.3 Å². The number of halogens is 3. The molecule has 2 aromatic heterocycles. The molecule has 1 aliphatic heterocycles. The fourth-order valence-electron chi connectivity index (χ4n) is 4.67. The van der Waals surface area contributed by atoms with Gasteiger partial charge in [0.2, 0.25) is 0 Å². The van der Waals surface area contributed by atoms with Crippen molar-refractivity contribution in [2.24, 2.45) is 11.3 Å². The zero-order valence-electron chi connectivity index (χ0n) is 15.3. The molecule has 7 nitrogen and oxygen atoms in total. The summed E-state index contributed by atoms with van der Waals surface area (Å²) in [5.41, 5.74) is 0.681. The molecule has 1 amide bonds. The first kappa shape index (κ1) is 17.7. The second kappa shape index (κ2) is 5.82. The van der Waals surface area contributed by atoms with Crippen molar-refractivity contribution in [3.05, 3.63) is 29.3 Å². The molecular formula is C18H21F3N6O. The standard InChI is InChI=1S/C18H21F3N6O/c1-17-5-12-10(4-14(17)18(17,20)21)15(26-25-12)16(28)24-9-6-23-27(8-9)13-2-3-22-7-11(13)19/h6,8,11,13-14,22H,2-5,7H2,1H3,(H,24,28)(H,25,26)/t11-,13-,14-,17+/m0/s1. The lowest BCUT2D eigenvalue weighted by Gasteiger charge is -2.26. The molecule has 1 saturated heterocycles. The highest BCUT2D eigenvalue weighted by Crippen LogP contribution is 2.70. The van der Waals surface area contributed by atoms with E-state index in [-0.39, 0.29) is 31.1 Å². The van der Waals surface area contributed by atoms with Crippen molar-refractivity contribution in [1.29, 1.82) is 0 Å². The zero-order valence-corrected chi connectivity index (χ0v) is 15.3. The van der Waals surface area contributed by atoms with Gasteiger partial charge in [-0.25, -0.2) is 13.2 Å². The molecule has 4 atom stereocenters. The van der Waals surface area contributed by atoms with Gasteiger partial charge in [0.1, 0.15) is 6.17 Å². The van der Waals surface area contributed by atoms with Crippen LogP contribution in [0.25, 0.3) is 0 Å². The topological polar surface area (TPSA) is 87.6 Å². The Morgan fingerprint density at radius 3 is 3.04 bits per heavy atom. The van der Waals surface area contributed by atoms with Crippen molar-refractivity contribution < 1.29 is 18.0 Å². The Hall–Kier alpha value is -2.36. The first-order valence-electron chi connectivity index (χ1n) is 9.45. The molecular weight excluding hydrogens is 373 g/mol. The third-order valence-electron chi connectivity index (χ3n) is 6.58. The van der Waals surface area contributed by atoms with E-state index in [1.165, 1.54) is 10.9 Å². The highest BCUT2D eigenvalue weighted by atomic mass is 19.3. The summed E-state index contributed by atoms with van der Waals surface area (Å²) in [6.45, 7) is 2.56. The van der Waals surface area contributed by atoms with Crippen LogP contribution in [0.1, 0.15) is 41.1 Å². The van der Waals surface area contributed by atoms with Crippen LogP contribution in [0.3, 0.4) is 0 Å². The maximum atomic E-state index is 14.1. The third kappa shape index (κ3) is 2.43. The first-order chi connectivity index (χ1) is 13.3. The predicted octanol–water partition coefficient (Wildman–Crippen LogP) is 2.10. The van der Waals surface area contributed by atoms with Crippen LogP contribution in [0.15, 0.2) is 12.4 Å². The number of rotatable bonds is 3. The quantitative estimate of drug-likeness (QED) is 0.744. The molecule has 0 unspecified atom stereocenters. The summed E-state index contributed by atoms with van der Waals surface area (Å²) in [5, 5.41) is 16.7. The smallest absolute Gasteiger partial charge is 0.276 e. The number of aromatic nitrogens is 4. The van der Waals surface area contributed by atoms with E-state index in [4.69, 9.17) is 0 Å². The van der Waals surface area contributed by atoms with Gasteiger partial charge in [-0.3, -0.25) is 14.6 Å². The summed E-state index contributed by atoms with van der Waals surface area (Å²) in [4.78, 5) is 12.7. The third-order valence-corrected chi connectivity index (χ3v) is 6.58. The molecule has 3 N–H and O–H groups in total. The zero-order chi connectivity index (χ0) is 19.7. The molecule has 10 heteroatoms. The molecule has 28 heavy (non-hydrogen) atoms. The Balaban J connectivity index is 1.32. The molecule has 3 heterocycles. The van der Waals surface area contributed by atoms with E-state index in [9.17, 15) is 18.0 Å². The van der Waals surface area contributed by atoms with Gasteiger partial charge in [0.25, 0.3) is 11.8 Å². The number of hydrogen-bond acceptors (Lipinski definition) is 4. The SMILES string of the molecule is C[C@@]12Cc3[nH]nc(C(=O)Nc4cnn([C@H]5CCNC[C@@H]5F)c4)c3C[C@@H]1C2(F)F. The van der Waals surface area contributed by atoms with Gasteiger partial charge in [-0.1, -0.05) is 6.92 Å². The number of nitrogens with one attached hydrogen (secondary N) is 3. The van der Waals surface area contributed by atoms with E-state index >= 15 is 0 Å². The Morgan fingerprint density at radius 1 is 1.43 bits per heavy atom. The Labute approximate surface area is 159 Å². The molecule has 2 aliphatic carbocycles. The van der Waals surface area contributed by atoms with Crippen LogP contribution in [0.4, 0.5) is 18.9 Å². The minimum atomic E-state index is -2.71. The summed E-state index contributed by atoms with van der Waals surface area (Å²) >= 11 is 0. The number of nitrogens with zero attached hydrogens (tertiary/aromatic N) is 3. The van der Waals surface area contributed by atoms with Gasteiger partial charge in [0, 0.05) is 41.8 Å². The van der Waals surface area contributed by atoms with E-state index < -0.39 is 29.3 Å². The number of H-pyrrole nitrogens is 1. The van der Waals surface area contributed by atoms with Crippen molar-refractivity contribution in [3.63, 3.8) is 0 Å². The molecule has 0 spiro atoms. The fourth-order valence-corrected chi connectivity index (χ4v) is 4.67. The minimum absolute atomic E-state index is 0.135. The average molecular weight is 394 g/mol. The maximum Gasteiger partial charge on any atom is 0.276 e. The lowest BCUT2D eigenvalue weighted by Crippen LogP contribution is -2.39. The molecule has 2 aromatic rings. The number of hydrogen-bond donors (Lipinski definition) is 3. The highest BCUT2D eigenvalue weighted by Gasteiger charge is 2.78. The highest BCUT2D eigenvalue weighted by molar-refractivity contribution is 6.04. The van der Waals surface area contributed by atoms with Crippen molar-refractivity contribution in [2.75, 3.05) is 18.4 Å².